The van der Waals surface area contributed by atoms with Crippen LogP contribution in [0.3, 0.4) is 0 Å². The van der Waals surface area contributed by atoms with E-state index >= 15 is 0 Å². The highest BCUT2D eigenvalue weighted by molar-refractivity contribution is 5.78. The number of guanidine groups is 1. The van der Waals surface area contributed by atoms with Gasteiger partial charge in [-0.15, -0.1) is 0 Å². The van der Waals surface area contributed by atoms with Gasteiger partial charge in [-0.25, -0.2) is 0 Å². The highest BCUT2D eigenvalue weighted by atomic mass is 16.5. The van der Waals surface area contributed by atoms with Gasteiger partial charge in [0, 0.05) is 19.6 Å². The zero-order chi connectivity index (χ0) is 11.1. The summed E-state index contributed by atoms with van der Waals surface area (Å²) in [4.78, 5) is 6.26. The molecule has 0 radical (unpaired) electrons. The molecule has 1 saturated heterocycles. The van der Waals surface area contributed by atoms with Crippen molar-refractivity contribution in [3.05, 3.63) is 0 Å². The third-order valence-electron chi connectivity index (χ3n) is 2.53. The quantitative estimate of drug-likeness (QED) is 0.503. The average Bonchev–Trinajstić information content (AvgIpc) is 2.27. The number of nitrogens with two attached hydrogens (primary N) is 1. The molecule has 0 amide bonds. The number of nitrogens with zero attached hydrogens (tertiary/aromatic N) is 2. The molecule has 88 valence electrons. The van der Waals surface area contributed by atoms with Crippen LogP contribution >= 0.6 is 0 Å². The first-order valence-corrected chi connectivity index (χ1v) is 5.55. The maximum absolute atomic E-state index is 8.63. The van der Waals surface area contributed by atoms with Gasteiger partial charge in [-0.1, -0.05) is 0 Å². The minimum atomic E-state index is 0.0969. The molecule has 0 bridgehead atoms. The molecule has 0 unspecified atom stereocenters. The number of hydrogen-bond donors (Lipinski definition) is 2. The SMILES string of the molecule is CCN=C(N)N1CCC(OCCO)CC1. The molecule has 0 aliphatic carbocycles. The first-order chi connectivity index (χ1) is 7.27. The Morgan fingerprint density at radius 1 is 1.53 bits per heavy atom. The number of aliphatic hydroxyl groups excluding tert-OH is 1. The van der Waals surface area contributed by atoms with Crippen molar-refractivity contribution < 1.29 is 9.84 Å². The van der Waals surface area contributed by atoms with Crippen LogP contribution in [0.25, 0.3) is 0 Å². The lowest BCUT2D eigenvalue weighted by Crippen LogP contribution is -2.44. The Kier molecular flexibility index (Phi) is 5.42. The molecule has 0 spiro atoms. The topological polar surface area (TPSA) is 71.1 Å². The molecule has 0 aromatic carbocycles. The van der Waals surface area contributed by atoms with Crippen LogP contribution in [0.4, 0.5) is 0 Å². The lowest BCUT2D eigenvalue weighted by Gasteiger charge is -2.32. The molecular formula is C10H21N3O2. The van der Waals surface area contributed by atoms with Crippen molar-refractivity contribution in [3.8, 4) is 0 Å². The van der Waals surface area contributed by atoms with E-state index in [2.05, 4.69) is 9.89 Å². The Labute approximate surface area is 90.9 Å². The fraction of sp³-hybridized carbons (Fsp3) is 0.900. The van der Waals surface area contributed by atoms with Crippen LogP contribution < -0.4 is 5.73 Å². The molecule has 1 rings (SSSR count). The van der Waals surface area contributed by atoms with Gasteiger partial charge in [-0.2, -0.15) is 0 Å². The second kappa shape index (κ2) is 6.63. The monoisotopic (exact) mass is 215 g/mol. The Bertz CT molecular complexity index is 201. The van der Waals surface area contributed by atoms with Gasteiger partial charge in [0.05, 0.1) is 19.3 Å². The molecular weight excluding hydrogens is 194 g/mol. The van der Waals surface area contributed by atoms with Crippen LogP contribution in [0.5, 0.6) is 0 Å². The summed E-state index contributed by atoms with van der Waals surface area (Å²) in [6, 6.07) is 0. The molecule has 1 aliphatic rings. The molecule has 0 aromatic heterocycles. The fourth-order valence-corrected chi connectivity index (χ4v) is 1.73. The van der Waals surface area contributed by atoms with Crippen molar-refractivity contribution >= 4 is 5.96 Å². The largest absolute Gasteiger partial charge is 0.394 e. The van der Waals surface area contributed by atoms with E-state index in [9.17, 15) is 0 Å². The van der Waals surface area contributed by atoms with Gasteiger partial charge in [0.2, 0.25) is 0 Å². The van der Waals surface area contributed by atoms with Gasteiger partial charge in [-0.05, 0) is 19.8 Å². The Balaban J connectivity index is 2.26. The van der Waals surface area contributed by atoms with Crippen LogP contribution in [-0.4, -0.2) is 54.9 Å². The molecule has 5 heteroatoms. The average molecular weight is 215 g/mol. The highest BCUT2D eigenvalue weighted by Crippen LogP contribution is 2.13. The minimum absolute atomic E-state index is 0.0969. The maximum atomic E-state index is 8.63. The van der Waals surface area contributed by atoms with Gasteiger partial charge < -0.3 is 20.5 Å². The van der Waals surface area contributed by atoms with Crippen LogP contribution in [0.1, 0.15) is 19.8 Å². The molecule has 1 aliphatic heterocycles. The number of ether oxygens (including phenoxy) is 1. The van der Waals surface area contributed by atoms with Crippen molar-refractivity contribution in [1.29, 1.82) is 0 Å². The number of piperidine rings is 1. The van der Waals surface area contributed by atoms with Gasteiger partial charge in [-0.3, -0.25) is 4.99 Å². The zero-order valence-corrected chi connectivity index (χ0v) is 9.35. The second-order valence-corrected chi connectivity index (χ2v) is 3.61. The van der Waals surface area contributed by atoms with E-state index in [1.807, 2.05) is 6.92 Å². The Hall–Kier alpha value is -0.810. The van der Waals surface area contributed by atoms with Crippen molar-refractivity contribution in [2.45, 2.75) is 25.9 Å². The Morgan fingerprint density at radius 3 is 2.73 bits per heavy atom. The summed E-state index contributed by atoms with van der Waals surface area (Å²) in [6.45, 7) is 5.02. The first kappa shape index (κ1) is 12.3. The predicted molar refractivity (Wildman–Crippen MR) is 59.8 cm³/mol. The van der Waals surface area contributed by atoms with E-state index in [1.165, 1.54) is 0 Å². The van der Waals surface area contributed by atoms with Crippen molar-refractivity contribution in [3.63, 3.8) is 0 Å². The highest BCUT2D eigenvalue weighted by Gasteiger charge is 2.20. The molecule has 1 heterocycles. The summed E-state index contributed by atoms with van der Waals surface area (Å²) < 4.78 is 5.46. The van der Waals surface area contributed by atoms with Crippen LogP contribution in [0, 0.1) is 0 Å². The van der Waals surface area contributed by atoms with Gasteiger partial charge in [0.15, 0.2) is 5.96 Å². The molecule has 15 heavy (non-hydrogen) atoms. The van der Waals surface area contributed by atoms with E-state index in [0.29, 0.717) is 12.6 Å². The summed E-state index contributed by atoms with van der Waals surface area (Å²) >= 11 is 0. The van der Waals surface area contributed by atoms with E-state index in [-0.39, 0.29) is 12.7 Å². The summed E-state index contributed by atoms with van der Waals surface area (Å²) in [5.41, 5.74) is 5.80. The van der Waals surface area contributed by atoms with Crippen LogP contribution in [-0.2, 0) is 4.74 Å². The van der Waals surface area contributed by atoms with E-state index in [1.54, 1.807) is 0 Å². The number of aliphatic imine (C=N–C) groups is 1. The third-order valence-corrected chi connectivity index (χ3v) is 2.53. The summed E-state index contributed by atoms with van der Waals surface area (Å²) in [5, 5.41) is 8.63. The molecule has 5 nitrogen and oxygen atoms in total. The van der Waals surface area contributed by atoms with Crippen molar-refractivity contribution in [2.75, 3.05) is 32.8 Å². The first-order valence-electron chi connectivity index (χ1n) is 5.55. The zero-order valence-electron chi connectivity index (χ0n) is 9.35. The number of hydrogen-bond acceptors (Lipinski definition) is 3. The molecule has 0 saturated carbocycles. The Morgan fingerprint density at radius 2 is 2.20 bits per heavy atom. The van der Waals surface area contributed by atoms with Crippen molar-refractivity contribution in [1.82, 2.24) is 4.90 Å². The number of rotatable bonds is 4. The number of likely N-dealkylation sites (tertiary alicyclic amines) is 1. The number of aliphatic hydroxyl groups is 1. The lowest BCUT2D eigenvalue weighted by molar-refractivity contribution is 0.00147. The predicted octanol–water partition coefficient (Wildman–Crippen LogP) is -0.206. The van der Waals surface area contributed by atoms with Gasteiger partial charge in [0.25, 0.3) is 0 Å². The normalized spacial score (nSPS) is 19.6. The molecule has 3 N–H and O–H groups in total. The minimum Gasteiger partial charge on any atom is -0.394 e. The van der Waals surface area contributed by atoms with Gasteiger partial charge >= 0.3 is 0 Å². The summed E-state index contributed by atoms with van der Waals surface area (Å²) in [6.07, 6.45) is 2.18. The maximum Gasteiger partial charge on any atom is 0.191 e. The molecule has 0 aromatic rings. The van der Waals surface area contributed by atoms with Crippen molar-refractivity contribution in [2.24, 2.45) is 10.7 Å². The van der Waals surface area contributed by atoms with Crippen LogP contribution in [0.15, 0.2) is 4.99 Å². The molecule has 0 atom stereocenters. The van der Waals surface area contributed by atoms with E-state index in [0.717, 1.165) is 32.5 Å². The van der Waals surface area contributed by atoms with Gasteiger partial charge in [0.1, 0.15) is 0 Å². The van der Waals surface area contributed by atoms with E-state index < -0.39 is 0 Å². The summed E-state index contributed by atoms with van der Waals surface area (Å²) in [7, 11) is 0. The fourth-order valence-electron chi connectivity index (χ4n) is 1.73. The third kappa shape index (κ3) is 4.05. The van der Waals surface area contributed by atoms with Crippen LogP contribution in [0.2, 0.25) is 0 Å². The molecule has 1 fully saturated rings. The lowest BCUT2D eigenvalue weighted by atomic mass is 10.1. The summed E-state index contributed by atoms with van der Waals surface area (Å²) in [5.74, 6) is 0.637. The smallest absolute Gasteiger partial charge is 0.191 e. The second-order valence-electron chi connectivity index (χ2n) is 3.61. The van der Waals surface area contributed by atoms with E-state index in [4.69, 9.17) is 15.6 Å². The standard InChI is InChI=1S/C10H21N3O2/c1-2-12-10(11)13-5-3-9(4-6-13)15-8-7-14/h9,14H,2-8H2,1H3,(H2,11,12).